The summed E-state index contributed by atoms with van der Waals surface area (Å²) in [4.78, 5) is 76.6. The summed E-state index contributed by atoms with van der Waals surface area (Å²) in [6.45, 7) is 21.6. The first-order valence-corrected chi connectivity index (χ1v) is 16.0. The molecule has 0 aliphatic carbocycles. The Balaban J connectivity index is 2.17. The Labute approximate surface area is 290 Å². The van der Waals surface area contributed by atoms with E-state index in [-0.39, 0.29) is 34.1 Å². The van der Waals surface area contributed by atoms with Crippen LogP contribution in [0.5, 0.6) is 0 Å². The summed E-state index contributed by atoms with van der Waals surface area (Å²) in [6, 6.07) is 7.77. The van der Waals surface area contributed by atoms with Gasteiger partial charge in [-0.3, -0.25) is 4.79 Å². The molecule has 0 radical (unpaired) electrons. The molecule has 3 aromatic heterocycles. The molecule has 50 heavy (non-hydrogen) atoms. The summed E-state index contributed by atoms with van der Waals surface area (Å²) in [6.07, 6.45) is -3.11. The number of ether oxygens (including phenoxy) is 4. The number of aryl methyl sites for hydroxylation is 1. The van der Waals surface area contributed by atoms with Gasteiger partial charge >= 0.3 is 24.4 Å². The highest BCUT2D eigenvalue weighted by Gasteiger charge is 2.36. The van der Waals surface area contributed by atoms with Gasteiger partial charge < -0.3 is 18.9 Å². The summed E-state index contributed by atoms with van der Waals surface area (Å²) < 4.78 is 25.1. The Morgan fingerprint density at radius 1 is 0.680 bits per heavy atom. The van der Waals surface area contributed by atoms with Crippen LogP contribution in [0, 0.1) is 6.92 Å². The minimum absolute atomic E-state index is 0.0871. The quantitative estimate of drug-likeness (QED) is 0.150. The van der Waals surface area contributed by atoms with Gasteiger partial charge in [0.25, 0.3) is 0 Å². The molecule has 0 atom stereocenters. The van der Waals surface area contributed by atoms with Gasteiger partial charge in [-0.2, -0.15) is 4.90 Å². The van der Waals surface area contributed by atoms with Gasteiger partial charge in [-0.05, 0) is 120 Å². The Bertz CT molecular complexity index is 1980. The average molecular weight is 692 g/mol. The molecular weight excluding hydrogens is 646 g/mol. The predicted molar refractivity (Wildman–Crippen MR) is 187 cm³/mol. The molecule has 0 aliphatic heterocycles. The van der Waals surface area contributed by atoms with Gasteiger partial charge in [-0.1, -0.05) is 0 Å². The molecule has 0 spiro atoms. The number of pyridine rings is 1. The topological polar surface area (TPSA) is 161 Å². The molecule has 0 fully saturated rings. The van der Waals surface area contributed by atoms with Crippen molar-refractivity contribution in [3.05, 3.63) is 41.7 Å². The van der Waals surface area contributed by atoms with Gasteiger partial charge in [0.2, 0.25) is 0 Å². The second kappa shape index (κ2) is 12.9. The highest BCUT2D eigenvalue weighted by atomic mass is 16.6. The molecule has 14 heteroatoms. The fourth-order valence-corrected chi connectivity index (χ4v) is 4.87. The number of fused-ring (bicyclic) bond motifs is 2. The van der Waals surface area contributed by atoms with E-state index in [0.29, 0.717) is 27.7 Å². The van der Waals surface area contributed by atoms with Crippen LogP contribution in [0.4, 0.5) is 25.0 Å². The number of rotatable bonds is 3. The number of aldehydes is 1. The molecule has 0 unspecified atom stereocenters. The zero-order chi connectivity index (χ0) is 37.7. The van der Waals surface area contributed by atoms with Crippen molar-refractivity contribution in [2.24, 2.45) is 0 Å². The number of carbonyl (C=O) groups excluding carboxylic acids is 5. The van der Waals surface area contributed by atoms with E-state index in [1.165, 1.54) is 10.6 Å². The number of aromatic nitrogens is 4. The van der Waals surface area contributed by atoms with Crippen molar-refractivity contribution in [2.45, 2.75) is 112 Å². The van der Waals surface area contributed by atoms with E-state index < -0.39 is 46.8 Å². The third-order valence-electron chi connectivity index (χ3n) is 6.54. The molecule has 0 aliphatic rings. The molecule has 0 saturated carbocycles. The van der Waals surface area contributed by atoms with Crippen LogP contribution in [0.2, 0.25) is 0 Å². The van der Waals surface area contributed by atoms with Crippen molar-refractivity contribution in [3.63, 3.8) is 0 Å². The van der Waals surface area contributed by atoms with Gasteiger partial charge in [-0.25, -0.2) is 38.3 Å². The number of nitrogens with zero attached hydrogens (tertiary/aromatic N) is 5. The summed E-state index contributed by atoms with van der Waals surface area (Å²) in [5.74, 6) is -0.125. The minimum atomic E-state index is -1.10. The van der Waals surface area contributed by atoms with Crippen LogP contribution in [0.15, 0.2) is 30.3 Å². The van der Waals surface area contributed by atoms with Crippen molar-refractivity contribution in [1.82, 2.24) is 19.1 Å². The zero-order valence-corrected chi connectivity index (χ0v) is 30.9. The van der Waals surface area contributed by atoms with Crippen LogP contribution in [-0.2, 0) is 18.9 Å². The second-order valence-corrected chi connectivity index (χ2v) is 15.8. The van der Waals surface area contributed by atoms with E-state index in [1.54, 1.807) is 114 Å². The molecule has 0 N–H and O–H groups in total. The van der Waals surface area contributed by atoms with E-state index in [9.17, 15) is 24.0 Å². The molecule has 0 bridgehead atoms. The number of hydrogen-bond acceptors (Lipinski definition) is 11. The van der Waals surface area contributed by atoms with Crippen LogP contribution in [-0.4, -0.2) is 72.2 Å². The lowest BCUT2D eigenvalue weighted by Gasteiger charge is -2.28. The lowest BCUT2D eigenvalue weighted by atomic mass is 10.1. The van der Waals surface area contributed by atoms with Crippen LogP contribution < -0.4 is 4.90 Å². The molecule has 4 rings (SSSR count). The molecule has 3 heterocycles. The Hall–Kier alpha value is -5.27. The Morgan fingerprint density at radius 3 is 1.66 bits per heavy atom. The highest BCUT2D eigenvalue weighted by molar-refractivity contribution is 6.11. The van der Waals surface area contributed by atoms with Gasteiger partial charge in [-0.15, -0.1) is 0 Å². The molecule has 0 saturated heterocycles. The third-order valence-corrected chi connectivity index (χ3v) is 6.54. The first-order valence-electron chi connectivity index (χ1n) is 16.0. The van der Waals surface area contributed by atoms with Crippen molar-refractivity contribution >= 4 is 58.5 Å². The van der Waals surface area contributed by atoms with Crippen LogP contribution in [0.25, 0.3) is 33.3 Å². The van der Waals surface area contributed by atoms with Crippen LogP contribution in [0.3, 0.4) is 0 Å². The van der Waals surface area contributed by atoms with Crippen molar-refractivity contribution in [3.8, 4) is 11.3 Å². The maximum Gasteiger partial charge on any atom is 0.425 e. The molecule has 2 amide bonds. The van der Waals surface area contributed by atoms with Gasteiger partial charge in [0, 0.05) is 16.5 Å². The monoisotopic (exact) mass is 691 g/mol. The largest absolute Gasteiger partial charge is 0.443 e. The normalized spacial score (nSPS) is 12.5. The van der Waals surface area contributed by atoms with Gasteiger partial charge in [0.15, 0.2) is 11.5 Å². The molecule has 1 aromatic carbocycles. The number of amides is 2. The lowest BCUT2D eigenvalue weighted by molar-refractivity contribution is 0.0425. The van der Waals surface area contributed by atoms with E-state index >= 15 is 0 Å². The summed E-state index contributed by atoms with van der Waals surface area (Å²) >= 11 is 0. The van der Waals surface area contributed by atoms with Gasteiger partial charge in [0.1, 0.15) is 40.0 Å². The number of carbonyl (C=O) groups is 5. The Morgan fingerprint density at radius 2 is 1.18 bits per heavy atom. The summed E-state index contributed by atoms with van der Waals surface area (Å²) in [7, 11) is 0. The van der Waals surface area contributed by atoms with E-state index in [0.717, 1.165) is 4.57 Å². The SMILES string of the molecule is Cc1nc2c(-c3cc4cc(C=O)ccc4n3C(=O)OC(C)(C)C)cc(N(C(=O)OC(C)(C)C)C(=O)OC(C)(C)C)nc2n1C(=O)OC(C)(C)C. The fraction of sp³-hybridized carbons (Fsp3) is 0.472. The number of imide groups is 1. The van der Waals surface area contributed by atoms with Crippen molar-refractivity contribution < 1.29 is 42.9 Å². The van der Waals surface area contributed by atoms with Crippen LogP contribution >= 0.6 is 0 Å². The average Bonchev–Trinajstić information content (AvgIpc) is 3.45. The highest BCUT2D eigenvalue weighted by Crippen LogP contribution is 2.37. The van der Waals surface area contributed by atoms with E-state index in [2.05, 4.69) is 9.97 Å². The molecule has 268 valence electrons. The molecule has 14 nitrogen and oxygen atoms in total. The number of benzene rings is 1. The lowest BCUT2D eigenvalue weighted by Crippen LogP contribution is -2.44. The molecular formula is C36H45N5O9. The van der Waals surface area contributed by atoms with E-state index in [1.807, 2.05) is 0 Å². The van der Waals surface area contributed by atoms with Gasteiger partial charge in [0.05, 0.1) is 11.2 Å². The standard InChI is InChI=1S/C36H45N5O9/c1-20-37-27-23(25-17-22-16-21(19-42)14-15-24(22)40(25)30(44)48-34(5,6)7)18-26(38-28(27)39(20)29(43)47-33(2,3)4)41(31(45)49-35(8,9)10)32(46)50-36(11,12)13/h14-19H,1-13H3. The second-order valence-electron chi connectivity index (χ2n) is 15.8. The van der Waals surface area contributed by atoms with E-state index in [4.69, 9.17) is 18.9 Å². The third kappa shape index (κ3) is 8.47. The minimum Gasteiger partial charge on any atom is -0.443 e. The van der Waals surface area contributed by atoms with Crippen molar-refractivity contribution in [1.29, 1.82) is 0 Å². The summed E-state index contributed by atoms with van der Waals surface area (Å²) in [5.41, 5.74) is -2.68. The van der Waals surface area contributed by atoms with Crippen LogP contribution in [0.1, 0.15) is 99.3 Å². The smallest absolute Gasteiger partial charge is 0.425 e. The first-order chi connectivity index (χ1) is 22.8. The number of hydrogen-bond donors (Lipinski definition) is 0. The predicted octanol–water partition coefficient (Wildman–Crippen LogP) is 8.42. The fourth-order valence-electron chi connectivity index (χ4n) is 4.87. The molecule has 4 aromatic rings. The Kier molecular flexibility index (Phi) is 9.67. The maximum atomic E-state index is 13.9. The first kappa shape index (κ1) is 37.5. The maximum absolute atomic E-state index is 13.9. The number of imidazole rings is 1. The zero-order valence-electron chi connectivity index (χ0n) is 30.9. The summed E-state index contributed by atoms with van der Waals surface area (Å²) in [5, 5.41) is 0.501. The number of anilines is 1. The van der Waals surface area contributed by atoms with Crippen molar-refractivity contribution in [2.75, 3.05) is 4.90 Å².